The summed E-state index contributed by atoms with van der Waals surface area (Å²) in [6.45, 7) is 0. The van der Waals surface area contributed by atoms with Crippen LogP contribution in [0.2, 0.25) is 10.0 Å². The average Bonchev–Trinajstić information content (AvgIpc) is 2.79. The van der Waals surface area contributed by atoms with Crippen LogP contribution in [0.1, 0.15) is 0 Å². The van der Waals surface area contributed by atoms with E-state index < -0.39 is 0 Å². The minimum Gasteiger partial charge on any atom is -0.493 e. The number of ether oxygens (including phenoxy) is 2. The van der Waals surface area contributed by atoms with Crippen LogP contribution in [0.25, 0.3) is 33.6 Å². The lowest BCUT2D eigenvalue weighted by molar-refractivity contribution is 0.355. The first-order valence-corrected chi connectivity index (χ1v) is 9.96. The first-order valence-electron chi connectivity index (χ1n) is 9.21. The van der Waals surface area contributed by atoms with Gasteiger partial charge < -0.3 is 9.47 Å². The maximum Gasteiger partial charge on any atom is 0.161 e. The molecule has 0 fully saturated rings. The summed E-state index contributed by atoms with van der Waals surface area (Å²) in [5, 5.41) is 10.3. The fourth-order valence-electron chi connectivity index (χ4n) is 3.20. The van der Waals surface area contributed by atoms with Crippen molar-refractivity contribution in [1.29, 1.82) is 0 Å². The third-order valence-electron chi connectivity index (χ3n) is 4.75. The molecule has 0 bridgehead atoms. The molecule has 1 aromatic heterocycles. The molecule has 0 radical (unpaired) electrons. The quantitative estimate of drug-likeness (QED) is 0.344. The van der Waals surface area contributed by atoms with E-state index in [1.54, 1.807) is 14.2 Å². The Balaban J connectivity index is 1.91. The molecule has 0 spiro atoms. The zero-order valence-electron chi connectivity index (χ0n) is 16.4. The third kappa shape index (κ3) is 4.11. The summed E-state index contributed by atoms with van der Waals surface area (Å²) in [5.74, 6) is 1.30. The summed E-state index contributed by atoms with van der Waals surface area (Å²) < 4.78 is 10.9. The normalized spacial score (nSPS) is 10.7. The highest BCUT2D eigenvalue weighted by molar-refractivity contribution is 6.30. The Morgan fingerprint density at radius 2 is 1.17 bits per heavy atom. The van der Waals surface area contributed by atoms with Crippen molar-refractivity contribution < 1.29 is 9.47 Å². The molecule has 6 heteroatoms. The molecule has 0 aliphatic carbocycles. The second-order valence-corrected chi connectivity index (χ2v) is 7.45. The minimum atomic E-state index is 0.641. The van der Waals surface area contributed by atoms with Crippen LogP contribution < -0.4 is 9.47 Å². The molecular weight excluding hydrogens is 419 g/mol. The summed E-state index contributed by atoms with van der Waals surface area (Å²) in [6, 6.07) is 22.8. The molecule has 150 valence electrons. The first-order chi connectivity index (χ1) is 14.6. The van der Waals surface area contributed by atoms with Gasteiger partial charge in [0.05, 0.1) is 19.9 Å². The van der Waals surface area contributed by atoms with Gasteiger partial charge in [-0.25, -0.2) is 0 Å². The number of benzene rings is 3. The molecule has 4 rings (SSSR count). The smallest absolute Gasteiger partial charge is 0.161 e. The maximum absolute atomic E-state index is 6.07. The van der Waals surface area contributed by atoms with Crippen LogP contribution in [-0.4, -0.2) is 24.4 Å². The number of hydrogen-bond acceptors (Lipinski definition) is 4. The van der Waals surface area contributed by atoms with E-state index in [1.807, 2.05) is 72.8 Å². The molecule has 0 N–H and O–H groups in total. The van der Waals surface area contributed by atoms with Crippen molar-refractivity contribution in [2.24, 2.45) is 0 Å². The van der Waals surface area contributed by atoms with Gasteiger partial charge >= 0.3 is 0 Å². The molecule has 4 nitrogen and oxygen atoms in total. The maximum atomic E-state index is 6.07. The van der Waals surface area contributed by atoms with Crippen LogP contribution in [0.5, 0.6) is 11.5 Å². The standard InChI is InChI=1S/C24H18Cl2N2O2/c1-29-22-12-7-17(13-23(22)30-2)20-14-21(15-3-8-18(25)9-4-15)27-28-24(20)16-5-10-19(26)11-6-16/h3-14H,1-2H3. The number of hydrogen-bond donors (Lipinski definition) is 0. The van der Waals surface area contributed by atoms with E-state index in [2.05, 4.69) is 10.2 Å². The van der Waals surface area contributed by atoms with E-state index in [0.29, 0.717) is 21.5 Å². The van der Waals surface area contributed by atoms with Crippen molar-refractivity contribution >= 4 is 23.2 Å². The van der Waals surface area contributed by atoms with Gasteiger partial charge in [0.2, 0.25) is 0 Å². The largest absolute Gasteiger partial charge is 0.493 e. The molecule has 0 aliphatic heterocycles. The average molecular weight is 437 g/mol. The van der Waals surface area contributed by atoms with Crippen LogP contribution in [0.4, 0.5) is 0 Å². The number of aromatic nitrogens is 2. The molecule has 0 saturated heterocycles. The lowest BCUT2D eigenvalue weighted by Crippen LogP contribution is -1.97. The van der Waals surface area contributed by atoms with Gasteiger partial charge in [-0.15, -0.1) is 10.2 Å². The molecule has 30 heavy (non-hydrogen) atoms. The second kappa shape index (κ2) is 8.74. The molecule has 0 aliphatic rings. The van der Waals surface area contributed by atoms with E-state index in [4.69, 9.17) is 32.7 Å². The van der Waals surface area contributed by atoms with Gasteiger partial charge in [-0.2, -0.15) is 0 Å². The van der Waals surface area contributed by atoms with Crippen molar-refractivity contribution in [2.45, 2.75) is 0 Å². The second-order valence-electron chi connectivity index (χ2n) is 6.58. The van der Waals surface area contributed by atoms with Crippen molar-refractivity contribution in [3.8, 4) is 45.1 Å². The zero-order valence-corrected chi connectivity index (χ0v) is 17.9. The monoisotopic (exact) mass is 436 g/mol. The van der Waals surface area contributed by atoms with E-state index in [0.717, 1.165) is 33.6 Å². The van der Waals surface area contributed by atoms with Gasteiger partial charge in [-0.1, -0.05) is 53.5 Å². The van der Waals surface area contributed by atoms with Crippen molar-refractivity contribution in [2.75, 3.05) is 14.2 Å². The molecule has 0 amide bonds. The van der Waals surface area contributed by atoms with Crippen molar-refractivity contribution in [1.82, 2.24) is 10.2 Å². The van der Waals surface area contributed by atoms with Crippen molar-refractivity contribution in [3.05, 3.63) is 82.8 Å². The van der Waals surface area contributed by atoms with Gasteiger partial charge in [0.15, 0.2) is 11.5 Å². The van der Waals surface area contributed by atoms with Gasteiger partial charge in [-0.3, -0.25) is 0 Å². The fourth-order valence-corrected chi connectivity index (χ4v) is 3.45. The van der Waals surface area contributed by atoms with Crippen LogP contribution in [-0.2, 0) is 0 Å². The van der Waals surface area contributed by atoms with E-state index in [-0.39, 0.29) is 0 Å². The van der Waals surface area contributed by atoms with Gasteiger partial charge in [0.25, 0.3) is 0 Å². The van der Waals surface area contributed by atoms with Crippen LogP contribution in [0.3, 0.4) is 0 Å². The predicted molar refractivity (Wildman–Crippen MR) is 121 cm³/mol. The fraction of sp³-hybridized carbons (Fsp3) is 0.0833. The molecule has 0 unspecified atom stereocenters. The number of methoxy groups -OCH3 is 2. The molecule has 0 atom stereocenters. The summed E-state index contributed by atoms with van der Waals surface area (Å²) in [6.07, 6.45) is 0. The topological polar surface area (TPSA) is 44.2 Å². The summed E-state index contributed by atoms with van der Waals surface area (Å²) in [7, 11) is 3.23. The van der Waals surface area contributed by atoms with E-state index in [1.165, 1.54) is 0 Å². The molecule has 4 aromatic rings. The van der Waals surface area contributed by atoms with E-state index in [9.17, 15) is 0 Å². The predicted octanol–water partition coefficient (Wildman–Crippen LogP) is 6.80. The van der Waals surface area contributed by atoms with Crippen molar-refractivity contribution in [3.63, 3.8) is 0 Å². The lowest BCUT2D eigenvalue weighted by Gasteiger charge is -2.13. The highest BCUT2D eigenvalue weighted by Crippen LogP contribution is 2.37. The highest BCUT2D eigenvalue weighted by Gasteiger charge is 2.15. The molecular formula is C24H18Cl2N2O2. The minimum absolute atomic E-state index is 0.641. The summed E-state index contributed by atoms with van der Waals surface area (Å²) >= 11 is 12.1. The highest BCUT2D eigenvalue weighted by atomic mass is 35.5. The first kappa shape index (κ1) is 20.2. The molecule has 0 saturated carbocycles. The Morgan fingerprint density at radius 3 is 1.77 bits per heavy atom. The Hall–Kier alpha value is -3.08. The lowest BCUT2D eigenvalue weighted by atomic mass is 9.97. The zero-order chi connectivity index (χ0) is 21.1. The Labute approximate surface area is 185 Å². The van der Waals surface area contributed by atoms with Crippen LogP contribution in [0.15, 0.2) is 72.8 Å². The Bertz CT molecular complexity index is 1180. The number of halogens is 2. The van der Waals surface area contributed by atoms with E-state index >= 15 is 0 Å². The van der Waals surface area contributed by atoms with Gasteiger partial charge in [0.1, 0.15) is 5.69 Å². The Kier molecular flexibility index (Phi) is 5.88. The molecule has 3 aromatic carbocycles. The summed E-state index contributed by atoms with van der Waals surface area (Å²) in [4.78, 5) is 0. The Morgan fingerprint density at radius 1 is 0.600 bits per heavy atom. The number of rotatable bonds is 5. The van der Waals surface area contributed by atoms with Crippen LogP contribution in [0, 0.1) is 0 Å². The SMILES string of the molecule is COc1ccc(-c2cc(-c3ccc(Cl)cc3)nnc2-c2ccc(Cl)cc2)cc1OC. The van der Waals surface area contributed by atoms with Gasteiger partial charge in [-0.05, 0) is 48.0 Å². The molecule has 1 heterocycles. The van der Waals surface area contributed by atoms with Gasteiger partial charge in [0, 0.05) is 26.7 Å². The number of nitrogens with zero attached hydrogens (tertiary/aromatic N) is 2. The van der Waals surface area contributed by atoms with Crippen LogP contribution >= 0.6 is 23.2 Å². The summed E-state index contributed by atoms with van der Waals surface area (Å²) in [5.41, 5.74) is 5.18. The third-order valence-corrected chi connectivity index (χ3v) is 5.25.